The molecule has 1 aromatic rings. The highest BCUT2D eigenvalue weighted by atomic mass is 79.9. The predicted octanol–water partition coefficient (Wildman–Crippen LogP) is 1.63. The zero-order valence-corrected chi connectivity index (χ0v) is 9.75. The number of carbonyl (C=O) groups excluding carboxylic acids is 1. The van der Waals surface area contributed by atoms with Gasteiger partial charge in [-0.1, -0.05) is 12.1 Å². The third-order valence-corrected chi connectivity index (χ3v) is 2.86. The second-order valence-corrected chi connectivity index (χ2v) is 3.84. The smallest absolute Gasteiger partial charge is 0.322 e. The molecule has 1 aromatic carbocycles. The number of ether oxygens (including phenoxy) is 1. The molecule has 0 bridgehead atoms. The molecule has 3 nitrogen and oxygen atoms in total. The second kappa shape index (κ2) is 5.23. The van der Waals surface area contributed by atoms with Gasteiger partial charge in [-0.25, -0.2) is 4.39 Å². The quantitative estimate of drug-likeness (QED) is 0.854. The van der Waals surface area contributed by atoms with Gasteiger partial charge in [-0.2, -0.15) is 0 Å². The van der Waals surface area contributed by atoms with E-state index in [1.165, 1.54) is 13.2 Å². The van der Waals surface area contributed by atoms with Crippen molar-refractivity contribution in [3.8, 4) is 0 Å². The maximum absolute atomic E-state index is 13.1. The van der Waals surface area contributed by atoms with E-state index in [4.69, 9.17) is 5.73 Å². The minimum Gasteiger partial charge on any atom is -0.468 e. The van der Waals surface area contributed by atoms with Gasteiger partial charge in [0.15, 0.2) is 0 Å². The first-order valence-corrected chi connectivity index (χ1v) is 5.12. The molecule has 0 fully saturated rings. The molecule has 0 saturated heterocycles. The molecule has 0 aliphatic carbocycles. The van der Waals surface area contributed by atoms with Gasteiger partial charge in [-0.15, -0.1) is 0 Å². The standard InChI is InChI=1S/C10H11BrFNO2/c1-15-10(14)8(13)5-6-3-2-4-7(12)9(6)11/h2-4,8H,5,13H2,1H3. The second-order valence-electron chi connectivity index (χ2n) is 3.05. The maximum atomic E-state index is 13.1. The molecule has 15 heavy (non-hydrogen) atoms. The molecule has 0 aromatic heterocycles. The van der Waals surface area contributed by atoms with Crippen LogP contribution in [0.15, 0.2) is 22.7 Å². The number of rotatable bonds is 3. The van der Waals surface area contributed by atoms with E-state index < -0.39 is 12.0 Å². The van der Waals surface area contributed by atoms with Gasteiger partial charge in [0.05, 0.1) is 11.6 Å². The molecule has 82 valence electrons. The van der Waals surface area contributed by atoms with Gasteiger partial charge in [0.1, 0.15) is 11.9 Å². The van der Waals surface area contributed by atoms with Crippen molar-refractivity contribution in [2.24, 2.45) is 5.73 Å². The molecular formula is C10H11BrFNO2. The summed E-state index contributed by atoms with van der Waals surface area (Å²) >= 11 is 3.10. The lowest BCUT2D eigenvalue weighted by molar-refractivity contribution is -0.142. The summed E-state index contributed by atoms with van der Waals surface area (Å²) in [7, 11) is 1.27. The Labute approximate surface area is 95.5 Å². The first-order chi connectivity index (χ1) is 7.06. The molecular weight excluding hydrogens is 265 g/mol. The molecule has 2 N–H and O–H groups in total. The number of nitrogens with two attached hydrogens (primary N) is 1. The number of hydrogen-bond donors (Lipinski definition) is 1. The number of methoxy groups -OCH3 is 1. The van der Waals surface area contributed by atoms with Crippen molar-refractivity contribution in [1.82, 2.24) is 0 Å². The minimum atomic E-state index is -0.770. The summed E-state index contributed by atoms with van der Waals surface area (Å²) in [5, 5.41) is 0. The van der Waals surface area contributed by atoms with Gasteiger partial charge < -0.3 is 10.5 Å². The lowest BCUT2D eigenvalue weighted by Gasteiger charge is -2.10. The van der Waals surface area contributed by atoms with Crippen molar-refractivity contribution < 1.29 is 13.9 Å². The third kappa shape index (κ3) is 3.00. The molecule has 1 unspecified atom stereocenters. The number of esters is 1. The fourth-order valence-electron chi connectivity index (χ4n) is 1.18. The summed E-state index contributed by atoms with van der Waals surface area (Å²) in [6, 6.07) is 3.83. The topological polar surface area (TPSA) is 52.3 Å². The van der Waals surface area contributed by atoms with Crippen LogP contribution in [0.25, 0.3) is 0 Å². The van der Waals surface area contributed by atoms with Crippen LogP contribution in [0.5, 0.6) is 0 Å². The van der Waals surface area contributed by atoms with Crippen molar-refractivity contribution in [2.75, 3.05) is 7.11 Å². The molecule has 0 aliphatic rings. The van der Waals surface area contributed by atoms with Crippen molar-refractivity contribution in [2.45, 2.75) is 12.5 Å². The van der Waals surface area contributed by atoms with Gasteiger partial charge >= 0.3 is 5.97 Å². The van der Waals surface area contributed by atoms with Crippen molar-refractivity contribution in [1.29, 1.82) is 0 Å². The molecule has 0 spiro atoms. The van der Waals surface area contributed by atoms with E-state index in [0.29, 0.717) is 10.0 Å². The van der Waals surface area contributed by atoms with Crippen LogP contribution >= 0.6 is 15.9 Å². The van der Waals surface area contributed by atoms with Crippen LogP contribution in [0.2, 0.25) is 0 Å². The SMILES string of the molecule is COC(=O)C(N)Cc1cccc(F)c1Br. The first-order valence-electron chi connectivity index (χ1n) is 4.32. The average molecular weight is 276 g/mol. The van der Waals surface area contributed by atoms with Gasteiger partial charge in [0.2, 0.25) is 0 Å². The van der Waals surface area contributed by atoms with Crippen LogP contribution in [-0.2, 0) is 16.0 Å². The van der Waals surface area contributed by atoms with Crippen molar-refractivity contribution >= 4 is 21.9 Å². The number of benzene rings is 1. The van der Waals surface area contributed by atoms with E-state index in [0.717, 1.165) is 0 Å². The monoisotopic (exact) mass is 275 g/mol. The van der Waals surface area contributed by atoms with E-state index in [9.17, 15) is 9.18 Å². The van der Waals surface area contributed by atoms with Gasteiger partial charge in [-0.3, -0.25) is 4.79 Å². The van der Waals surface area contributed by atoms with Crippen LogP contribution in [0.1, 0.15) is 5.56 Å². The van der Waals surface area contributed by atoms with E-state index in [2.05, 4.69) is 20.7 Å². The molecule has 0 radical (unpaired) electrons. The zero-order chi connectivity index (χ0) is 11.4. The molecule has 1 atom stereocenters. The molecule has 0 heterocycles. The van der Waals surface area contributed by atoms with Crippen LogP contribution in [0.3, 0.4) is 0 Å². The molecule has 5 heteroatoms. The van der Waals surface area contributed by atoms with Crippen LogP contribution in [-0.4, -0.2) is 19.1 Å². The summed E-state index contributed by atoms with van der Waals surface area (Å²) in [6.07, 6.45) is 0.241. The lowest BCUT2D eigenvalue weighted by Crippen LogP contribution is -2.33. The lowest BCUT2D eigenvalue weighted by atomic mass is 10.1. The molecule has 0 aliphatic heterocycles. The van der Waals surface area contributed by atoms with Gasteiger partial charge in [-0.05, 0) is 34.0 Å². The van der Waals surface area contributed by atoms with Crippen LogP contribution in [0.4, 0.5) is 4.39 Å². The Morgan fingerprint density at radius 1 is 1.67 bits per heavy atom. The Kier molecular flexibility index (Phi) is 4.23. The summed E-state index contributed by atoms with van der Waals surface area (Å²) in [4.78, 5) is 11.1. The highest BCUT2D eigenvalue weighted by molar-refractivity contribution is 9.10. The Balaban J connectivity index is 2.81. The fraction of sp³-hybridized carbons (Fsp3) is 0.300. The van der Waals surface area contributed by atoms with Gasteiger partial charge in [0, 0.05) is 0 Å². The minimum absolute atomic E-state index is 0.241. The molecule has 1 rings (SSSR count). The van der Waals surface area contributed by atoms with Crippen LogP contribution < -0.4 is 5.73 Å². The zero-order valence-electron chi connectivity index (χ0n) is 8.17. The summed E-state index contributed by atoms with van der Waals surface area (Å²) in [5.74, 6) is -0.879. The third-order valence-electron chi connectivity index (χ3n) is 1.98. The number of halogens is 2. The normalized spacial score (nSPS) is 12.3. The Hall–Kier alpha value is -0.940. The summed E-state index contributed by atoms with van der Waals surface area (Å²) < 4.78 is 17.9. The average Bonchev–Trinajstić information content (AvgIpc) is 2.23. The highest BCUT2D eigenvalue weighted by Gasteiger charge is 2.16. The van der Waals surface area contributed by atoms with E-state index in [-0.39, 0.29) is 12.2 Å². The first kappa shape index (κ1) is 12.1. The summed E-state index contributed by atoms with van der Waals surface area (Å²) in [6.45, 7) is 0. The molecule has 0 saturated carbocycles. The van der Waals surface area contributed by atoms with Gasteiger partial charge in [0.25, 0.3) is 0 Å². The van der Waals surface area contributed by atoms with E-state index in [1.54, 1.807) is 12.1 Å². The number of hydrogen-bond acceptors (Lipinski definition) is 3. The largest absolute Gasteiger partial charge is 0.468 e. The Morgan fingerprint density at radius 2 is 2.33 bits per heavy atom. The van der Waals surface area contributed by atoms with Crippen molar-refractivity contribution in [3.05, 3.63) is 34.1 Å². The fourth-order valence-corrected chi connectivity index (χ4v) is 1.60. The van der Waals surface area contributed by atoms with E-state index >= 15 is 0 Å². The summed E-state index contributed by atoms with van der Waals surface area (Å²) in [5.41, 5.74) is 6.21. The molecule has 0 amide bonds. The number of carbonyl (C=O) groups is 1. The Bertz CT molecular complexity index is 370. The van der Waals surface area contributed by atoms with Crippen LogP contribution in [0, 0.1) is 5.82 Å². The maximum Gasteiger partial charge on any atom is 0.322 e. The predicted molar refractivity (Wildman–Crippen MR) is 57.8 cm³/mol. The van der Waals surface area contributed by atoms with E-state index in [1.807, 2.05) is 0 Å². The highest BCUT2D eigenvalue weighted by Crippen LogP contribution is 2.21. The van der Waals surface area contributed by atoms with Crippen molar-refractivity contribution in [3.63, 3.8) is 0 Å². The Morgan fingerprint density at radius 3 is 2.93 bits per heavy atom.